The Labute approximate surface area is 119 Å². The highest BCUT2D eigenvalue weighted by atomic mass is 16.2. The first-order valence-corrected chi connectivity index (χ1v) is 6.68. The normalized spacial score (nSPS) is 10.6. The molecule has 2 aromatic rings. The van der Waals surface area contributed by atoms with Gasteiger partial charge in [0.25, 0.3) is 5.91 Å². The summed E-state index contributed by atoms with van der Waals surface area (Å²) in [5, 5.41) is 0. The monoisotopic (exact) mass is 272 g/mol. The first-order chi connectivity index (χ1) is 9.61. The molecule has 2 N–H and O–H groups in total. The Kier molecular flexibility index (Phi) is 4.53. The van der Waals surface area contributed by atoms with Crippen molar-refractivity contribution in [2.24, 2.45) is 12.8 Å². The number of carbonyl (C=O) groups is 1. The molecule has 0 aliphatic rings. The third-order valence-corrected chi connectivity index (χ3v) is 3.10. The van der Waals surface area contributed by atoms with E-state index in [-0.39, 0.29) is 5.91 Å². The highest BCUT2D eigenvalue weighted by molar-refractivity contribution is 6.04. The lowest BCUT2D eigenvalue weighted by Crippen LogP contribution is -2.33. The standard InChI is InChI=1S/C15H20N4O/c1-12-4-6-13(7-5-12)19(9-3-8-16)15(20)14-10-18(2)11-17-14/h4-7,10-11H,3,8-9,16H2,1-2H3. The van der Waals surface area contributed by atoms with Crippen LogP contribution in [0.25, 0.3) is 0 Å². The molecule has 1 aromatic carbocycles. The van der Waals surface area contributed by atoms with Crippen LogP contribution in [0.2, 0.25) is 0 Å². The molecule has 5 heteroatoms. The van der Waals surface area contributed by atoms with Crippen molar-refractivity contribution in [1.82, 2.24) is 9.55 Å². The first-order valence-electron chi connectivity index (χ1n) is 6.68. The molecule has 0 unspecified atom stereocenters. The van der Waals surface area contributed by atoms with Gasteiger partial charge in [-0.2, -0.15) is 0 Å². The smallest absolute Gasteiger partial charge is 0.278 e. The quantitative estimate of drug-likeness (QED) is 0.901. The van der Waals surface area contributed by atoms with Crippen molar-refractivity contribution in [3.8, 4) is 0 Å². The summed E-state index contributed by atoms with van der Waals surface area (Å²) in [6.45, 7) is 3.17. The third-order valence-electron chi connectivity index (χ3n) is 3.10. The van der Waals surface area contributed by atoms with Crippen molar-refractivity contribution in [3.63, 3.8) is 0 Å². The van der Waals surface area contributed by atoms with Gasteiger partial charge in [0.15, 0.2) is 0 Å². The first kappa shape index (κ1) is 14.3. The molecular weight excluding hydrogens is 252 g/mol. The second kappa shape index (κ2) is 6.34. The number of imidazole rings is 1. The second-order valence-corrected chi connectivity index (χ2v) is 4.86. The van der Waals surface area contributed by atoms with Crippen LogP contribution in [0, 0.1) is 6.92 Å². The molecule has 1 amide bonds. The van der Waals surface area contributed by atoms with Gasteiger partial charge in [-0.3, -0.25) is 4.79 Å². The number of nitrogens with zero attached hydrogens (tertiary/aromatic N) is 3. The molecule has 1 aromatic heterocycles. The van der Waals surface area contributed by atoms with Crippen LogP contribution in [-0.4, -0.2) is 28.5 Å². The average Bonchev–Trinajstić information content (AvgIpc) is 2.87. The molecule has 0 saturated carbocycles. The van der Waals surface area contributed by atoms with Gasteiger partial charge in [0.05, 0.1) is 6.33 Å². The van der Waals surface area contributed by atoms with E-state index < -0.39 is 0 Å². The van der Waals surface area contributed by atoms with Gasteiger partial charge >= 0.3 is 0 Å². The van der Waals surface area contributed by atoms with Crippen LogP contribution in [0.3, 0.4) is 0 Å². The van der Waals surface area contributed by atoms with E-state index in [1.54, 1.807) is 22.0 Å². The van der Waals surface area contributed by atoms with Crippen LogP contribution < -0.4 is 10.6 Å². The van der Waals surface area contributed by atoms with E-state index in [9.17, 15) is 4.79 Å². The molecule has 0 aliphatic carbocycles. The molecule has 0 spiro atoms. The van der Waals surface area contributed by atoms with Crippen molar-refractivity contribution in [2.45, 2.75) is 13.3 Å². The summed E-state index contributed by atoms with van der Waals surface area (Å²) < 4.78 is 1.77. The fourth-order valence-corrected chi connectivity index (χ4v) is 1.98. The minimum atomic E-state index is -0.0945. The Morgan fingerprint density at radius 1 is 1.35 bits per heavy atom. The maximum Gasteiger partial charge on any atom is 0.278 e. The Balaban J connectivity index is 2.27. The number of hydrogen-bond donors (Lipinski definition) is 1. The van der Waals surface area contributed by atoms with E-state index in [4.69, 9.17) is 5.73 Å². The van der Waals surface area contributed by atoms with Crippen LogP contribution in [-0.2, 0) is 7.05 Å². The van der Waals surface area contributed by atoms with E-state index in [0.717, 1.165) is 17.7 Å². The second-order valence-electron chi connectivity index (χ2n) is 4.86. The van der Waals surface area contributed by atoms with Gasteiger partial charge in [0, 0.05) is 25.5 Å². The zero-order valence-electron chi connectivity index (χ0n) is 11.9. The summed E-state index contributed by atoms with van der Waals surface area (Å²) in [6, 6.07) is 7.90. The van der Waals surface area contributed by atoms with Gasteiger partial charge < -0.3 is 15.2 Å². The number of rotatable bonds is 5. The number of benzene rings is 1. The van der Waals surface area contributed by atoms with Crippen LogP contribution in [0.15, 0.2) is 36.8 Å². The molecule has 0 fully saturated rings. The molecule has 0 radical (unpaired) electrons. The SMILES string of the molecule is Cc1ccc(N(CCCN)C(=O)c2cn(C)cn2)cc1. The van der Waals surface area contributed by atoms with Crippen molar-refractivity contribution in [1.29, 1.82) is 0 Å². The average molecular weight is 272 g/mol. The predicted molar refractivity (Wildman–Crippen MR) is 79.7 cm³/mol. The molecule has 1 heterocycles. The molecule has 0 bridgehead atoms. The molecule has 0 atom stereocenters. The fraction of sp³-hybridized carbons (Fsp3) is 0.333. The van der Waals surface area contributed by atoms with Crippen LogP contribution in [0.5, 0.6) is 0 Å². The zero-order valence-corrected chi connectivity index (χ0v) is 11.9. The summed E-state index contributed by atoms with van der Waals surface area (Å²) in [5.74, 6) is -0.0945. The number of amides is 1. The summed E-state index contributed by atoms with van der Waals surface area (Å²) in [4.78, 5) is 18.4. The molecule has 0 saturated heterocycles. The number of nitrogens with two attached hydrogens (primary N) is 1. The van der Waals surface area contributed by atoms with Gasteiger partial charge in [-0.05, 0) is 32.0 Å². The minimum Gasteiger partial charge on any atom is -0.340 e. The van der Waals surface area contributed by atoms with E-state index in [0.29, 0.717) is 18.8 Å². The lowest BCUT2D eigenvalue weighted by atomic mass is 10.2. The van der Waals surface area contributed by atoms with E-state index >= 15 is 0 Å². The van der Waals surface area contributed by atoms with Gasteiger partial charge in [-0.25, -0.2) is 4.98 Å². The van der Waals surface area contributed by atoms with Crippen molar-refractivity contribution < 1.29 is 4.79 Å². The minimum absolute atomic E-state index is 0.0945. The van der Waals surface area contributed by atoms with Gasteiger partial charge in [-0.15, -0.1) is 0 Å². The maximum absolute atomic E-state index is 12.6. The van der Waals surface area contributed by atoms with Gasteiger partial charge in [0.1, 0.15) is 5.69 Å². The van der Waals surface area contributed by atoms with E-state index in [2.05, 4.69) is 4.98 Å². The molecule has 20 heavy (non-hydrogen) atoms. The Morgan fingerprint density at radius 3 is 2.60 bits per heavy atom. The van der Waals surface area contributed by atoms with Crippen LogP contribution in [0.4, 0.5) is 5.69 Å². The number of anilines is 1. The van der Waals surface area contributed by atoms with E-state index in [1.165, 1.54) is 0 Å². The fourth-order valence-electron chi connectivity index (χ4n) is 1.98. The lowest BCUT2D eigenvalue weighted by Gasteiger charge is -2.22. The molecule has 106 valence electrons. The van der Waals surface area contributed by atoms with Crippen molar-refractivity contribution in [2.75, 3.05) is 18.0 Å². The maximum atomic E-state index is 12.6. The van der Waals surface area contributed by atoms with Crippen LogP contribution in [0.1, 0.15) is 22.5 Å². The molecule has 5 nitrogen and oxygen atoms in total. The molecule has 2 rings (SSSR count). The summed E-state index contributed by atoms with van der Waals surface area (Å²) in [6.07, 6.45) is 4.11. The van der Waals surface area contributed by atoms with Gasteiger partial charge in [-0.1, -0.05) is 17.7 Å². The summed E-state index contributed by atoms with van der Waals surface area (Å²) >= 11 is 0. The highest BCUT2D eigenvalue weighted by Gasteiger charge is 2.19. The van der Waals surface area contributed by atoms with Crippen molar-refractivity contribution in [3.05, 3.63) is 48.0 Å². The summed E-state index contributed by atoms with van der Waals surface area (Å²) in [7, 11) is 1.85. The number of aryl methyl sites for hydroxylation is 2. The van der Waals surface area contributed by atoms with Gasteiger partial charge in [0.2, 0.25) is 0 Å². The lowest BCUT2D eigenvalue weighted by molar-refractivity contribution is 0.0982. The van der Waals surface area contributed by atoms with Crippen LogP contribution >= 0.6 is 0 Å². The topological polar surface area (TPSA) is 64.2 Å². The number of aromatic nitrogens is 2. The summed E-state index contributed by atoms with van der Waals surface area (Å²) in [5.41, 5.74) is 8.05. The van der Waals surface area contributed by atoms with Crippen molar-refractivity contribution >= 4 is 11.6 Å². The Hall–Kier alpha value is -2.14. The number of carbonyl (C=O) groups excluding carboxylic acids is 1. The highest BCUT2D eigenvalue weighted by Crippen LogP contribution is 2.18. The molecule has 0 aliphatic heterocycles. The van der Waals surface area contributed by atoms with E-state index in [1.807, 2.05) is 38.2 Å². The predicted octanol–water partition coefficient (Wildman–Crippen LogP) is 1.72. The Bertz CT molecular complexity index is 574. The molecular formula is C15H20N4O. The Morgan fingerprint density at radius 2 is 2.05 bits per heavy atom. The largest absolute Gasteiger partial charge is 0.340 e. The number of hydrogen-bond acceptors (Lipinski definition) is 3. The third kappa shape index (κ3) is 3.24. The zero-order chi connectivity index (χ0) is 14.5.